The van der Waals surface area contributed by atoms with E-state index in [1.54, 1.807) is 28.8 Å². The van der Waals surface area contributed by atoms with E-state index in [9.17, 15) is 18.8 Å². The van der Waals surface area contributed by atoms with Crippen LogP contribution in [0.3, 0.4) is 0 Å². The van der Waals surface area contributed by atoms with Crippen molar-refractivity contribution in [1.29, 1.82) is 0 Å². The van der Waals surface area contributed by atoms with Crippen molar-refractivity contribution < 1.29 is 18.8 Å². The van der Waals surface area contributed by atoms with Gasteiger partial charge in [-0.25, -0.2) is 9.37 Å². The summed E-state index contributed by atoms with van der Waals surface area (Å²) in [7, 11) is 0. The molecule has 34 heavy (non-hydrogen) atoms. The zero-order valence-electron chi connectivity index (χ0n) is 18.1. The second-order valence-electron chi connectivity index (χ2n) is 7.80. The Labute approximate surface area is 199 Å². The van der Waals surface area contributed by atoms with Crippen molar-refractivity contribution in [3.63, 3.8) is 0 Å². The van der Waals surface area contributed by atoms with Gasteiger partial charge in [0, 0.05) is 24.5 Å². The molecule has 4 N–H and O–H groups in total. The number of hydrogen-bond donors (Lipinski definition) is 3. The highest BCUT2D eigenvalue weighted by molar-refractivity contribution is 6.34. The minimum absolute atomic E-state index is 0.00375. The van der Waals surface area contributed by atoms with Crippen molar-refractivity contribution in [3.05, 3.63) is 76.6 Å². The summed E-state index contributed by atoms with van der Waals surface area (Å²) < 4.78 is 14.8. The molecule has 3 aromatic rings. The van der Waals surface area contributed by atoms with Crippen molar-refractivity contribution in [2.24, 2.45) is 5.73 Å². The summed E-state index contributed by atoms with van der Waals surface area (Å²) in [5.41, 5.74) is 6.51. The molecule has 0 unspecified atom stereocenters. The number of amides is 3. The standard InChI is InChI=1S/C23H22ClFN6O3/c24-18-12-14(25)2-7-17(18)22(33)28-15-3-5-16(6-4-15)29-23(34)19-20(21(26)32)31(13-27-19)11-10-30-8-1-9-30/h2-7,12-13H,1,8-11H2,(H2,26,32)(H,28,33)(H,29,34). The first-order chi connectivity index (χ1) is 16.3. The lowest BCUT2D eigenvalue weighted by Crippen LogP contribution is -2.39. The quantitative estimate of drug-likeness (QED) is 0.453. The fraction of sp³-hybridized carbons (Fsp3) is 0.217. The average Bonchev–Trinajstić information content (AvgIpc) is 3.18. The van der Waals surface area contributed by atoms with E-state index in [0.717, 1.165) is 38.2 Å². The smallest absolute Gasteiger partial charge is 0.276 e. The number of nitrogens with zero attached hydrogens (tertiary/aromatic N) is 3. The number of halogens is 2. The zero-order chi connectivity index (χ0) is 24.2. The summed E-state index contributed by atoms with van der Waals surface area (Å²) in [4.78, 5) is 43.4. The van der Waals surface area contributed by atoms with Gasteiger partial charge in [0.05, 0.1) is 16.9 Å². The lowest BCUT2D eigenvalue weighted by atomic mass is 10.2. The van der Waals surface area contributed by atoms with Crippen LogP contribution in [0.15, 0.2) is 48.8 Å². The van der Waals surface area contributed by atoms with Crippen molar-refractivity contribution in [1.82, 2.24) is 14.5 Å². The van der Waals surface area contributed by atoms with Crippen molar-refractivity contribution in [2.45, 2.75) is 13.0 Å². The molecule has 0 bridgehead atoms. The van der Waals surface area contributed by atoms with E-state index in [4.69, 9.17) is 17.3 Å². The summed E-state index contributed by atoms with van der Waals surface area (Å²) in [5, 5.41) is 5.32. The number of carbonyl (C=O) groups excluding carboxylic acids is 3. The number of rotatable bonds is 8. The summed E-state index contributed by atoms with van der Waals surface area (Å²) in [6, 6.07) is 9.79. The largest absolute Gasteiger partial charge is 0.364 e. The molecule has 1 aliphatic heterocycles. The molecule has 11 heteroatoms. The van der Waals surface area contributed by atoms with Crippen LogP contribution in [-0.2, 0) is 6.54 Å². The molecule has 0 spiro atoms. The van der Waals surface area contributed by atoms with Crippen LogP contribution in [0, 0.1) is 5.82 Å². The van der Waals surface area contributed by atoms with Crippen molar-refractivity contribution >= 4 is 40.7 Å². The van der Waals surface area contributed by atoms with E-state index in [1.165, 1.54) is 12.4 Å². The molecule has 9 nitrogen and oxygen atoms in total. The maximum absolute atomic E-state index is 13.2. The SMILES string of the molecule is NC(=O)c1c(C(=O)Nc2ccc(NC(=O)c3ccc(F)cc3Cl)cc2)ncn1CCN1CCC1. The van der Waals surface area contributed by atoms with E-state index < -0.39 is 23.5 Å². The normalized spacial score (nSPS) is 13.2. The van der Waals surface area contributed by atoms with Crippen LogP contribution in [0.4, 0.5) is 15.8 Å². The molecule has 2 heterocycles. The van der Waals surface area contributed by atoms with E-state index in [1.807, 2.05) is 0 Å². The minimum atomic E-state index is -0.733. The van der Waals surface area contributed by atoms with Gasteiger partial charge < -0.3 is 25.8 Å². The Morgan fingerprint density at radius 1 is 1.00 bits per heavy atom. The fourth-order valence-electron chi connectivity index (χ4n) is 3.53. The van der Waals surface area contributed by atoms with Gasteiger partial charge in [0.2, 0.25) is 0 Å². The van der Waals surface area contributed by atoms with Crippen LogP contribution in [0.2, 0.25) is 5.02 Å². The third-order valence-electron chi connectivity index (χ3n) is 5.47. The van der Waals surface area contributed by atoms with Gasteiger partial charge in [0.15, 0.2) is 5.69 Å². The summed E-state index contributed by atoms with van der Waals surface area (Å²) in [6.07, 6.45) is 2.59. The summed E-state index contributed by atoms with van der Waals surface area (Å²) in [5.74, 6) is -2.35. The van der Waals surface area contributed by atoms with Gasteiger partial charge in [0.1, 0.15) is 11.5 Å². The van der Waals surface area contributed by atoms with Gasteiger partial charge in [-0.2, -0.15) is 0 Å². The molecule has 4 rings (SSSR count). The lowest BCUT2D eigenvalue weighted by molar-refractivity contribution is 0.0966. The molecule has 0 radical (unpaired) electrons. The predicted molar refractivity (Wildman–Crippen MR) is 126 cm³/mol. The number of anilines is 2. The van der Waals surface area contributed by atoms with Gasteiger partial charge in [-0.05, 0) is 62.0 Å². The highest BCUT2D eigenvalue weighted by atomic mass is 35.5. The van der Waals surface area contributed by atoms with Gasteiger partial charge >= 0.3 is 0 Å². The molecule has 0 aliphatic carbocycles. The van der Waals surface area contributed by atoms with Crippen LogP contribution in [0.1, 0.15) is 37.8 Å². The van der Waals surface area contributed by atoms with Crippen molar-refractivity contribution in [2.75, 3.05) is 30.3 Å². The molecule has 1 aliphatic rings. The number of likely N-dealkylation sites (tertiary alicyclic amines) is 1. The maximum Gasteiger partial charge on any atom is 0.276 e. The zero-order valence-corrected chi connectivity index (χ0v) is 18.8. The van der Waals surface area contributed by atoms with Gasteiger partial charge in [0.25, 0.3) is 17.7 Å². The Balaban J connectivity index is 1.41. The average molecular weight is 485 g/mol. The van der Waals surface area contributed by atoms with Crippen molar-refractivity contribution in [3.8, 4) is 0 Å². The summed E-state index contributed by atoms with van der Waals surface area (Å²) in [6.45, 7) is 3.28. The number of aromatic nitrogens is 2. The monoisotopic (exact) mass is 484 g/mol. The highest BCUT2D eigenvalue weighted by Crippen LogP contribution is 2.20. The first-order valence-corrected chi connectivity index (χ1v) is 10.9. The first kappa shape index (κ1) is 23.4. The van der Waals surface area contributed by atoms with E-state index in [0.29, 0.717) is 17.9 Å². The Morgan fingerprint density at radius 3 is 2.21 bits per heavy atom. The molecule has 0 saturated carbocycles. The van der Waals surface area contributed by atoms with Gasteiger partial charge in [-0.15, -0.1) is 0 Å². The maximum atomic E-state index is 13.2. The van der Waals surface area contributed by atoms with Crippen LogP contribution in [0.25, 0.3) is 0 Å². The Morgan fingerprint density at radius 2 is 1.65 bits per heavy atom. The first-order valence-electron chi connectivity index (χ1n) is 10.6. The topological polar surface area (TPSA) is 122 Å². The molecule has 1 aromatic heterocycles. The molecule has 3 amide bonds. The number of nitrogens with one attached hydrogen (secondary N) is 2. The predicted octanol–water partition coefficient (Wildman–Crippen LogP) is 2.98. The van der Waals surface area contributed by atoms with E-state index in [2.05, 4.69) is 20.5 Å². The summed E-state index contributed by atoms with van der Waals surface area (Å²) >= 11 is 5.92. The third kappa shape index (κ3) is 5.24. The fourth-order valence-corrected chi connectivity index (χ4v) is 3.78. The second kappa shape index (κ2) is 10.0. The number of primary amides is 1. The molecule has 1 saturated heterocycles. The number of hydrogen-bond acceptors (Lipinski definition) is 5. The third-order valence-corrected chi connectivity index (χ3v) is 5.78. The molecule has 0 atom stereocenters. The van der Waals surface area contributed by atoms with Crippen LogP contribution in [0.5, 0.6) is 0 Å². The number of imidazole rings is 1. The molecular weight excluding hydrogens is 463 g/mol. The Kier molecular flexibility index (Phi) is 6.90. The molecule has 1 fully saturated rings. The molecule has 2 aromatic carbocycles. The lowest BCUT2D eigenvalue weighted by Gasteiger charge is -2.30. The van der Waals surface area contributed by atoms with E-state index >= 15 is 0 Å². The van der Waals surface area contributed by atoms with Crippen LogP contribution < -0.4 is 16.4 Å². The Bertz CT molecular complexity index is 1240. The highest BCUT2D eigenvalue weighted by Gasteiger charge is 2.23. The van der Waals surface area contributed by atoms with Gasteiger partial charge in [-0.1, -0.05) is 11.6 Å². The minimum Gasteiger partial charge on any atom is -0.364 e. The number of carbonyl (C=O) groups is 3. The van der Waals surface area contributed by atoms with Crippen LogP contribution >= 0.6 is 11.6 Å². The van der Waals surface area contributed by atoms with E-state index in [-0.39, 0.29) is 22.0 Å². The second-order valence-corrected chi connectivity index (χ2v) is 8.21. The Hall–Kier alpha value is -3.76. The molecular formula is C23H22ClFN6O3. The number of nitrogens with two attached hydrogens (primary N) is 1. The number of benzene rings is 2. The van der Waals surface area contributed by atoms with Crippen LogP contribution in [-0.4, -0.2) is 51.8 Å². The molecule has 176 valence electrons. The van der Waals surface area contributed by atoms with Gasteiger partial charge in [-0.3, -0.25) is 14.4 Å².